The first-order valence-corrected chi connectivity index (χ1v) is 6.19. The summed E-state index contributed by atoms with van der Waals surface area (Å²) in [7, 11) is 0. The Balaban J connectivity index is 2.94. The van der Waals surface area contributed by atoms with Crippen LogP contribution in [0.1, 0.15) is 50.7 Å². The van der Waals surface area contributed by atoms with Crippen LogP contribution in [0.5, 0.6) is 5.75 Å². The normalized spacial score (nSPS) is 10.7. The lowest BCUT2D eigenvalue weighted by molar-refractivity contribution is 0.461. The van der Waals surface area contributed by atoms with E-state index in [0.717, 1.165) is 49.7 Å². The number of phenolic OH excluding ortho intramolecular Hbond substituents is 1. The molecule has 0 bridgehead atoms. The summed E-state index contributed by atoms with van der Waals surface area (Å²) in [6.07, 6.45) is 5.58. The number of halogens is 1. The van der Waals surface area contributed by atoms with Gasteiger partial charge in [0.15, 0.2) is 0 Å². The van der Waals surface area contributed by atoms with Gasteiger partial charge < -0.3 is 5.11 Å². The first-order valence-electron chi connectivity index (χ1n) is 6.19. The molecule has 1 aromatic rings. The van der Waals surface area contributed by atoms with Crippen molar-refractivity contribution < 1.29 is 9.50 Å². The van der Waals surface area contributed by atoms with Crippen molar-refractivity contribution in [3.8, 4) is 5.75 Å². The Labute approximate surface area is 97.3 Å². The van der Waals surface area contributed by atoms with Gasteiger partial charge in [-0.05, 0) is 48.9 Å². The molecule has 2 heteroatoms. The molecule has 0 aromatic heterocycles. The summed E-state index contributed by atoms with van der Waals surface area (Å²) in [4.78, 5) is 0. The Morgan fingerprint density at radius 3 is 2.12 bits per heavy atom. The van der Waals surface area contributed by atoms with Gasteiger partial charge in [-0.1, -0.05) is 26.7 Å². The predicted octanol–water partition coefficient (Wildman–Crippen LogP) is 4.22. The molecule has 0 aliphatic heterocycles. The van der Waals surface area contributed by atoms with Crippen LogP contribution in [0.3, 0.4) is 0 Å². The van der Waals surface area contributed by atoms with Gasteiger partial charge in [0.25, 0.3) is 0 Å². The third-order valence-electron chi connectivity index (χ3n) is 2.91. The molecule has 0 atom stereocenters. The van der Waals surface area contributed by atoms with Crippen molar-refractivity contribution in [3.63, 3.8) is 0 Å². The summed E-state index contributed by atoms with van der Waals surface area (Å²) >= 11 is 0. The summed E-state index contributed by atoms with van der Waals surface area (Å²) in [5, 5.41) is 9.78. The molecule has 0 unspecified atom stereocenters. The fraction of sp³-hybridized carbons (Fsp3) is 0.571. The average Bonchev–Trinajstić information content (AvgIpc) is 2.29. The van der Waals surface area contributed by atoms with Crippen molar-refractivity contribution >= 4 is 0 Å². The SMILES string of the molecule is CCCCc1c(O)ccc(F)c1CCCC. The minimum absolute atomic E-state index is 0.169. The zero-order valence-corrected chi connectivity index (χ0v) is 10.2. The number of unbranched alkanes of at least 4 members (excludes halogenated alkanes) is 2. The quantitative estimate of drug-likeness (QED) is 0.767. The Morgan fingerprint density at radius 1 is 1.00 bits per heavy atom. The molecule has 1 rings (SSSR count). The molecular weight excluding hydrogens is 203 g/mol. The second kappa shape index (κ2) is 6.51. The summed E-state index contributed by atoms with van der Waals surface area (Å²) in [5.74, 6) is 0.0818. The van der Waals surface area contributed by atoms with Gasteiger partial charge in [-0.3, -0.25) is 0 Å². The Bertz CT molecular complexity index is 301. The third-order valence-corrected chi connectivity index (χ3v) is 2.91. The van der Waals surface area contributed by atoms with E-state index < -0.39 is 0 Å². The smallest absolute Gasteiger partial charge is 0.126 e. The van der Waals surface area contributed by atoms with Crippen molar-refractivity contribution in [2.24, 2.45) is 0 Å². The molecule has 0 spiro atoms. The molecule has 0 fully saturated rings. The number of phenols is 1. The molecule has 0 aliphatic carbocycles. The van der Waals surface area contributed by atoms with E-state index in [0.29, 0.717) is 0 Å². The van der Waals surface area contributed by atoms with Gasteiger partial charge in [-0.2, -0.15) is 0 Å². The van der Waals surface area contributed by atoms with Gasteiger partial charge in [0.1, 0.15) is 11.6 Å². The summed E-state index contributed by atoms with van der Waals surface area (Å²) in [6.45, 7) is 4.19. The van der Waals surface area contributed by atoms with Gasteiger partial charge in [0, 0.05) is 0 Å². The fourth-order valence-electron chi connectivity index (χ4n) is 1.91. The molecular formula is C14H21FO. The minimum atomic E-state index is -0.169. The lowest BCUT2D eigenvalue weighted by Gasteiger charge is -2.12. The highest BCUT2D eigenvalue weighted by atomic mass is 19.1. The monoisotopic (exact) mass is 224 g/mol. The number of hydrogen-bond donors (Lipinski definition) is 1. The maximum atomic E-state index is 13.7. The van der Waals surface area contributed by atoms with Crippen molar-refractivity contribution in [2.75, 3.05) is 0 Å². The number of hydrogen-bond acceptors (Lipinski definition) is 1. The highest BCUT2D eigenvalue weighted by Crippen LogP contribution is 2.27. The van der Waals surface area contributed by atoms with E-state index in [4.69, 9.17) is 0 Å². The summed E-state index contributed by atoms with van der Waals surface area (Å²) in [5.41, 5.74) is 1.53. The van der Waals surface area contributed by atoms with Gasteiger partial charge in [0.05, 0.1) is 0 Å². The van der Waals surface area contributed by atoms with Crippen molar-refractivity contribution in [1.82, 2.24) is 0 Å². The van der Waals surface area contributed by atoms with E-state index in [2.05, 4.69) is 13.8 Å². The molecule has 1 aromatic carbocycles. The zero-order chi connectivity index (χ0) is 12.0. The second-order valence-electron chi connectivity index (χ2n) is 4.23. The van der Waals surface area contributed by atoms with Gasteiger partial charge in [-0.25, -0.2) is 4.39 Å². The fourth-order valence-corrected chi connectivity index (χ4v) is 1.91. The van der Waals surface area contributed by atoms with Crippen LogP contribution in [0.15, 0.2) is 12.1 Å². The standard InChI is InChI=1S/C14H21FO/c1-3-5-7-11-12(8-6-4-2)14(16)10-9-13(11)15/h9-10,16H,3-8H2,1-2H3. The maximum Gasteiger partial charge on any atom is 0.126 e. The lowest BCUT2D eigenvalue weighted by Crippen LogP contribution is -1.99. The van der Waals surface area contributed by atoms with Crippen LogP contribution in [0.2, 0.25) is 0 Å². The van der Waals surface area contributed by atoms with E-state index in [1.807, 2.05) is 0 Å². The Kier molecular flexibility index (Phi) is 5.30. The molecule has 1 N–H and O–H groups in total. The van der Waals surface area contributed by atoms with Crippen molar-refractivity contribution in [3.05, 3.63) is 29.1 Å². The van der Waals surface area contributed by atoms with Crippen molar-refractivity contribution in [2.45, 2.75) is 52.4 Å². The van der Waals surface area contributed by atoms with E-state index >= 15 is 0 Å². The van der Waals surface area contributed by atoms with Crippen LogP contribution < -0.4 is 0 Å². The third kappa shape index (κ3) is 3.22. The molecule has 0 saturated carbocycles. The molecule has 0 saturated heterocycles. The van der Waals surface area contributed by atoms with Crippen LogP contribution >= 0.6 is 0 Å². The largest absolute Gasteiger partial charge is 0.508 e. The molecule has 0 radical (unpaired) electrons. The van der Waals surface area contributed by atoms with Crippen molar-refractivity contribution in [1.29, 1.82) is 0 Å². The maximum absolute atomic E-state index is 13.7. The van der Waals surface area contributed by atoms with Crippen LogP contribution in [-0.2, 0) is 12.8 Å². The number of rotatable bonds is 6. The molecule has 0 heterocycles. The highest BCUT2D eigenvalue weighted by Gasteiger charge is 2.12. The molecule has 16 heavy (non-hydrogen) atoms. The van der Waals surface area contributed by atoms with E-state index in [9.17, 15) is 9.50 Å². The number of aromatic hydroxyl groups is 1. The molecule has 1 nitrogen and oxygen atoms in total. The topological polar surface area (TPSA) is 20.2 Å². The lowest BCUT2D eigenvalue weighted by atomic mass is 9.96. The Morgan fingerprint density at radius 2 is 1.56 bits per heavy atom. The van der Waals surface area contributed by atoms with Crippen LogP contribution in [0.4, 0.5) is 4.39 Å². The van der Waals surface area contributed by atoms with E-state index in [-0.39, 0.29) is 11.6 Å². The molecule has 0 amide bonds. The molecule has 90 valence electrons. The van der Waals surface area contributed by atoms with E-state index in [1.54, 1.807) is 0 Å². The highest BCUT2D eigenvalue weighted by molar-refractivity contribution is 5.40. The van der Waals surface area contributed by atoms with Gasteiger partial charge >= 0.3 is 0 Å². The first kappa shape index (κ1) is 13.0. The van der Waals surface area contributed by atoms with Crippen LogP contribution in [0, 0.1) is 5.82 Å². The van der Waals surface area contributed by atoms with E-state index in [1.165, 1.54) is 12.1 Å². The predicted molar refractivity (Wildman–Crippen MR) is 65.3 cm³/mol. The van der Waals surface area contributed by atoms with Gasteiger partial charge in [-0.15, -0.1) is 0 Å². The Hall–Kier alpha value is -1.05. The van der Waals surface area contributed by atoms with Crippen LogP contribution in [-0.4, -0.2) is 5.11 Å². The first-order chi connectivity index (χ1) is 7.70. The van der Waals surface area contributed by atoms with Crippen LogP contribution in [0.25, 0.3) is 0 Å². The minimum Gasteiger partial charge on any atom is -0.508 e. The molecule has 0 aliphatic rings. The summed E-state index contributed by atoms with van der Waals surface area (Å²) < 4.78 is 13.7. The second-order valence-corrected chi connectivity index (χ2v) is 4.23. The summed E-state index contributed by atoms with van der Waals surface area (Å²) in [6, 6.07) is 2.84. The van der Waals surface area contributed by atoms with Gasteiger partial charge in [0.2, 0.25) is 0 Å². The average molecular weight is 224 g/mol. The number of benzene rings is 1. The zero-order valence-electron chi connectivity index (χ0n) is 10.2.